The fraction of sp³-hybridized carbons (Fsp3) is 0.0909. The topological polar surface area (TPSA) is 113 Å². The highest BCUT2D eigenvalue weighted by Gasteiger charge is 2.16. The summed E-state index contributed by atoms with van der Waals surface area (Å²) in [4.78, 5) is 20.8. The number of aromatic nitrogens is 1. The predicted molar refractivity (Wildman–Crippen MR) is 110 cm³/mol. The minimum atomic E-state index is -0.634. The number of carbonyl (C=O) groups excluding carboxylic acids is 1. The van der Waals surface area contributed by atoms with Crippen molar-refractivity contribution in [3.05, 3.63) is 95.1 Å². The van der Waals surface area contributed by atoms with Gasteiger partial charge in [-0.2, -0.15) is 5.26 Å². The van der Waals surface area contributed by atoms with Crippen molar-refractivity contribution in [2.75, 3.05) is 12.4 Å². The number of aliphatic imine (C=N–C) groups is 1. The average Bonchev–Trinajstić information content (AvgIpc) is 2.77. The Labute approximate surface area is 172 Å². The number of benzene rings is 2. The number of rotatable bonds is 5. The van der Waals surface area contributed by atoms with Crippen molar-refractivity contribution >= 4 is 17.6 Å². The lowest BCUT2D eigenvalue weighted by Crippen LogP contribution is -2.16. The van der Waals surface area contributed by atoms with Gasteiger partial charge >= 0.3 is 0 Å². The van der Waals surface area contributed by atoms with Crippen LogP contribution < -0.4 is 11.1 Å². The number of carbonyl (C=O) groups is 1. The number of nitriles is 1. The molecule has 1 heterocycles. The highest BCUT2D eigenvalue weighted by Crippen LogP contribution is 2.28. The van der Waals surface area contributed by atoms with E-state index in [1.807, 2.05) is 6.07 Å². The first kappa shape index (κ1) is 20.5. The van der Waals surface area contributed by atoms with Crippen molar-refractivity contribution in [1.82, 2.24) is 4.98 Å². The number of amides is 1. The third-order valence-corrected chi connectivity index (χ3v) is 4.22. The monoisotopic (exact) mass is 403 g/mol. The molecule has 30 heavy (non-hydrogen) atoms. The van der Waals surface area contributed by atoms with E-state index in [-0.39, 0.29) is 11.7 Å². The van der Waals surface area contributed by atoms with E-state index in [0.717, 1.165) is 0 Å². The first-order valence-electron chi connectivity index (χ1n) is 8.90. The molecule has 0 aliphatic carbocycles. The number of hydrogen-bond acceptors (Lipinski definition) is 5. The van der Waals surface area contributed by atoms with Gasteiger partial charge in [-0.05, 0) is 47.5 Å². The summed E-state index contributed by atoms with van der Waals surface area (Å²) >= 11 is 0. The number of hydrogen-bond donors (Lipinski definition) is 2. The van der Waals surface area contributed by atoms with E-state index in [2.05, 4.69) is 15.3 Å². The second-order valence-electron chi connectivity index (χ2n) is 6.25. The molecule has 1 amide bonds. The van der Waals surface area contributed by atoms with Crippen molar-refractivity contribution in [3.8, 4) is 6.07 Å². The molecule has 3 aromatic rings. The van der Waals surface area contributed by atoms with Gasteiger partial charge in [0, 0.05) is 11.9 Å². The molecule has 0 saturated carbocycles. The van der Waals surface area contributed by atoms with E-state index >= 15 is 0 Å². The van der Waals surface area contributed by atoms with Crippen LogP contribution in [0.15, 0.2) is 71.9 Å². The largest absolute Gasteiger partial charge is 0.469 e. The van der Waals surface area contributed by atoms with Crippen LogP contribution in [0, 0.1) is 17.1 Å². The van der Waals surface area contributed by atoms with Crippen LogP contribution in [0.1, 0.15) is 33.2 Å². The summed E-state index contributed by atoms with van der Waals surface area (Å²) < 4.78 is 18.7. The Bertz CT molecular complexity index is 1120. The Hall–Kier alpha value is -4.25. The van der Waals surface area contributed by atoms with Crippen LogP contribution in [0.4, 0.5) is 10.1 Å². The van der Waals surface area contributed by atoms with Crippen molar-refractivity contribution in [1.29, 1.82) is 5.26 Å². The molecule has 0 saturated heterocycles. The van der Waals surface area contributed by atoms with Gasteiger partial charge in [-0.15, -0.1) is 0 Å². The van der Waals surface area contributed by atoms with Gasteiger partial charge in [-0.25, -0.2) is 14.4 Å². The Balaban J connectivity index is 1.90. The van der Waals surface area contributed by atoms with E-state index in [9.17, 15) is 9.18 Å². The molecule has 0 bridgehead atoms. The van der Waals surface area contributed by atoms with Gasteiger partial charge in [-0.3, -0.25) is 4.79 Å². The van der Waals surface area contributed by atoms with E-state index in [1.54, 1.807) is 36.4 Å². The van der Waals surface area contributed by atoms with E-state index in [0.29, 0.717) is 22.4 Å². The second-order valence-corrected chi connectivity index (χ2v) is 6.25. The summed E-state index contributed by atoms with van der Waals surface area (Å²) in [6.07, 6.45) is 1.33. The fourth-order valence-electron chi connectivity index (χ4n) is 2.77. The number of amidine groups is 1. The molecule has 150 valence electrons. The Morgan fingerprint density at radius 1 is 1.20 bits per heavy atom. The number of halogens is 1. The zero-order chi connectivity index (χ0) is 21.5. The maximum absolute atomic E-state index is 13.8. The average molecular weight is 403 g/mol. The maximum Gasteiger partial charge on any atom is 0.282 e. The molecule has 3 N–H and O–H groups in total. The molecule has 0 aliphatic rings. The molecule has 0 spiro atoms. The van der Waals surface area contributed by atoms with Gasteiger partial charge in [0.15, 0.2) is 0 Å². The molecular formula is C22H18FN5O2. The highest BCUT2D eigenvalue weighted by molar-refractivity contribution is 6.02. The van der Waals surface area contributed by atoms with Crippen molar-refractivity contribution in [2.24, 2.45) is 10.7 Å². The molecule has 1 atom stereocenters. The number of pyridine rings is 1. The quantitative estimate of drug-likeness (QED) is 0.501. The van der Waals surface area contributed by atoms with Gasteiger partial charge in [-0.1, -0.05) is 24.3 Å². The van der Waals surface area contributed by atoms with Gasteiger partial charge in [0.25, 0.3) is 11.9 Å². The lowest BCUT2D eigenvalue weighted by Gasteiger charge is -2.16. The molecule has 0 radical (unpaired) electrons. The summed E-state index contributed by atoms with van der Waals surface area (Å²) in [5.74, 6) is -0.834. The standard InChI is InChI=1S/C22H18FN5O2/c1-30-22(25)28-20(15-4-2-6-17(23)10-15)16-5-3-7-18(11-16)27-21(29)19-9-8-14(12-24)13-26-19/h2-11,13,20H,1H3,(H2,25,28)(H,27,29). The number of nitrogens with zero attached hydrogens (tertiary/aromatic N) is 3. The molecule has 1 aromatic heterocycles. The molecule has 7 nitrogen and oxygen atoms in total. The Morgan fingerprint density at radius 3 is 2.57 bits per heavy atom. The first-order chi connectivity index (χ1) is 14.5. The van der Waals surface area contributed by atoms with Crippen LogP contribution >= 0.6 is 0 Å². The van der Waals surface area contributed by atoms with Crippen LogP contribution in [0.25, 0.3) is 0 Å². The zero-order valence-corrected chi connectivity index (χ0v) is 16.0. The molecule has 0 fully saturated rings. The number of anilines is 1. The number of nitrogens with two attached hydrogens (primary N) is 1. The SMILES string of the molecule is CO/C(N)=N/C(c1cccc(F)c1)c1cccc(NC(=O)c2ccc(C#N)cn2)c1. The number of ether oxygens (including phenoxy) is 1. The molecular weight excluding hydrogens is 385 g/mol. The lowest BCUT2D eigenvalue weighted by atomic mass is 9.98. The van der Waals surface area contributed by atoms with E-state index in [4.69, 9.17) is 15.7 Å². The van der Waals surface area contributed by atoms with Gasteiger partial charge in [0.1, 0.15) is 23.6 Å². The van der Waals surface area contributed by atoms with Gasteiger partial charge in [0.05, 0.1) is 12.7 Å². The second kappa shape index (κ2) is 9.30. The summed E-state index contributed by atoms with van der Waals surface area (Å²) in [6, 6.07) is 17.2. The normalized spacial score (nSPS) is 12.0. The third kappa shape index (κ3) is 4.97. The predicted octanol–water partition coefficient (Wildman–Crippen LogP) is 3.40. The Morgan fingerprint density at radius 2 is 1.93 bits per heavy atom. The highest BCUT2D eigenvalue weighted by atomic mass is 19.1. The van der Waals surface area contributed by atoms with Crippen LogP contribution in [-0.4, -0.2) is 24.0 Å². The van der Waals surface area contributed by atoms with E-state index < -0.39 is 17.8 Å². The molecule has 0 aliphatic heterocycles. The molecule has 2 aromatic carbocycles. The summed E-state index contributed by atoms with van der Waals surface area (Å²) in [6.45, 7) is 0. The number of methoxy groups -OCH3 is 1. The summed E-state index contributed by atoms with van der Waals surface area (Å²) in [5.41, 5.74) is 8.01. The minimum absolute atomic E-state index is 0.0551. The smallest absolute Gasteiger partial charge is 0.282 e. The van der Waals surface area contributed by atoms with Crippen molar-refractivity contribution in [2.45, 2.75) is 6.04 Å². The zero-order valence-electron chi connectivity index (χ0n) is 16.0. The minimum Gasteiger partial charge on any atom is -0.469 e. The van der Waals surface area contributed by atoms with E-state index in [1.165, 1.54) is 37.6 Å². The third-order valence-electron chi connectivity index (χ3n) is 4.22. The Kier molecular flexibility index (Phi) is 6.35. The fourth-order valence-corrected chi connectivity index (χ4v) is 2.77. The molecule has 1 unspecified atom stereocenters. The van der Waals surface area contributed by atoms with Gasteiger partial charge < -0.3 is 15.8 Å². The maximum atomic E-state index is 13.8. The van der Waals surface area contributed by atoms with Crippen LogP contribution in [0.3, 0.4) is 0 Å². The van der Waals surface area contributed by atoms with Crippen LogP contribution in [-0.2, 0) is 4.74 Å². The molecule has 3 rings (SSSR count). The van der Waals surface area contributed by atoms with Crippen LogP contribution in [0.2, 0.25) is 0 Å². The summed E-state index contributed by atoms with van der Waals surface area (Å²) in [5, 5.41) is 11.6. The van der Waals surface area contributed by atoms with Crippen molar-refractivity contribution in [3.63, 3.8) is 0 Å². The van der Waals surface area contributed by atoms with Crippen LogP contribution in [0.5, 0.6) is 0 Å². The van der Waals surface area contributed by atoms with Gasteiger partial charge in [0.2, 0.25) is 0 Å². The summed E-state index contributed by atoms with van der Waals surface area (Å²) in [7, 11) is 1.39. The molecule has 8 heteroatoms. The number of nitrogens with one attached hydrogen (secondary N) is 1. The van der Waals surface area contributed by atoms with Crippen molar-refractivity contribution < 1.29 is 13.9 Å². The lowest BCUT2D eigenvalue weighted by molar-refractivity contribution is 0.102. The first-order valence-corrected chi connectivity index (χ1v) is 8.90.